The first-order valence-corrected chi connectivity index (χ1v) is 8.23. The maximum Gasteiger partial charge on any atom is 0.266 e. The first kappa shape index (κ1) is 17.1. The van der Waals surface area contributed by atoms with Crippen LogP contribution in [0.3, 0.4) is 0 Å². The number of carbonyl (C=O) groups excluding carboxylic acids is 1. The summed E-state index contributed by atoms with van der Waals surface area (Å²) in [5.41, 5.74) is 3.33. The Morgan fingerprint density at radius 2 is 1.83 bits per heavy atom. The minimum absolute atomic E-state index is 0.150. The van der Waals surface area contributed by atoms with Gasteiger partial charge in [-0.1, -0.05) is 25.3 Å². The Kier molecular flexibility index (Phi) is 5.81. The zero-order valence-electron chi connectivity index (χ0n) is 14.2. The quantitative estimate of drug-likeness (QED) is 0.677. The monoisotopic (exact) mass is 311 g/mol. The summed E-state index contributed by atoms with van der Waals surface area (Å²) in [6.45, 7) is 4.05. The molecule has 1 aromatic carbocycles. The normalized spacial score (nSPS) is 15.8. The number of rotatable bonds is 4. The predicted octanol–water partition coefficient (Wildman–Crippen LogP) is 3.91. The highest BCUT2D eigenvalue weighted by Gasteiger charge is 2.24. The van der Waals surface area contributed by atoms with Crippen molar-refractivity contribution in [3.05, 3.63) is 41.1 Å². The second kappa shape index (κ2) is 7.82. The van der Waals surface area contributed by atoms with Crippen molar-refractivity contribution in [2.45, 2.75) is 52.0 Å². The van der Waals surface area contributed by atoms with Crippen LogP contribution in [0.15, 0.2) is 30.0 Å². The molecule has 1 aliphatic rings. The number of nitriles is 1. The highest BCUT2D eigenvalue weighted by Crippen LogP contribution is 2.22. The number of carbonyl (C=O) groups is 1. The van der Waals surface area contributed by atoms with Gasteiger partial charge in [0, 0.05) is 25.0 Å². The molecule has 0 atom stereocenters. The Morgan fingerprint density at radius 1 is 1.22 bits per heavy atom. The Labute approximate surface area is 138 Å². The van der Waals surface area contributed by atoms with Gasteiger partial charge in [0.25, 0.3) is 5.91 Å². The summed E-state index contributed by atoms with van der Waals surface area (Å²) in [5.74, 6) is -0.198. The van der Waals surface area contributed by atoms with Crippen LogP contribution >= 0.6 is 0 Å². The molecule has 1 amide bonds. The molecule has 1 N–H and O–H groups in total. The fraction of sp³-hybridized carbons (Fsp3) is 0.474. The summed E-state index contributed by atoms with van der Waals surface area (Å²) in [6.07, 6.45) is 7.16. The van der Waals surface area contributed by atoms with Crippen molar-refractivity contribution in [3.63, 3.8) is 0 Å². The van der Waals surface area contributed by atoms with E-state index in [-0.39, 0.29) is 17.5 Å². The summed E-state index contributed by atoms with van der Waals surface area (Å²) in [7, 11) is 1.81. The van der Waals surface area contributed by atoms with Crippen LogP contribution in [-0.4, -0.2) is 23.9 Å². The van der Waals surface area contributed by atoms with Gasteiger partial charge < -0.3 is 10.2 Å². The molecule has 0 heterocycles. The third kappa shape index (κ3) is 4.59. The number of hydrogen-bond acceptors (Lipinski definition) is 3. The molecular formula is C19H25N3O. The number of anilines is 1. The van der Waals surface area contributed by atoms with E-state index in [0.717, 1.165) is 42.5 Å². The van der Waals surface area contributed by atoms with Crippen LogP contribution in [0, 0.1) is 25.2 Å². The minimum atomic E-state index is -0.198. The zero-order valence-corrected chi connectivity index (χ0v) is 14.2. The number of nitrogens with zero attached hydrogens (tertiary/aromatic N) is 2. The maximum absolute atomic E-state index is 12.5. The van der Waals surface area contributed by atoms with Gasteiger partial charge in [0.05, 0.1) is 0 Å². The predicted molar refractivity (Wildman–Crippen MR) is 92.9 cm³/mol. The van der Waals surface area contributed by atoms with E-state index in [4.69, 9.17) is 0 Å². The number of benzene rings is 1. The van der Waals surface area contributed by atoms with Crippen molar-refractivity contribution in [3.8, 4) is 6.07 Å². The van der Waals surface area contributed by atoms with Crippen LogP contribution in [0.1, 0.15) is 43.2 Å². The average molecular weight is 311 g/mol. The summed E-state index contributed by atoms with van der Waals surface area (Å²) < 4.78 is 0. The first-order chi connectivity index (χ1) is 11.0. The largest absolute Gasteiger partial charge is 0.360 e. The van der Waals surface area contributed by atoms with Crippen LogP contribution in [0.2, 0.25) is 0 Å². The van der Waals surface area contributed by atoms with Gasteiger partial charge in [0.1, 0.15) is 11.6 Å². The Morgan fingerprint density at radius 3 is 2.39 bits per heavy atom. The van der Waals surface area contributed by atoms with E-state index in [1.54, 1.807) is 11.9 Å². The van der Waals surface area contributed by atoms with Gasteiger partial charge >= 0.3 is 0 Å². The number of aryl methyl sites for hydroxylation is 2. The molecule has 1 aliphatic carbocycles. The topological polar surface area (TPSA) is 56.1 Å². The first-order valence-electron chi connectivity index (χ1n) is 8.23. The average Bonchev–Trinajstić information content (AvgIpc) is 2.54. The molecule has 1 fully saturated rings. The van der Waals surface area contributed by atoms with E-state index in [1.807, 2.05) is 32.0 Å². The SMILES string of the molecule is Cc1cc(C)cc(N/C=C(/C#N)C(=O)N(C)C2CCCCC2)c1. The van der Waals surface area contributed by atoms with Gasteiger partial charge in [0.2, 0.25) is 0 Å². The minimum Gasteiger partial charge on any atom is -0.360 e. The third-order valence-electron chi connectivity index (χ3n) is 4.40. The molecule has 0 spiro atoms. The standard InChI is InChI=1S/C19H25N3O/c1-14-9-15(2)11-17(10-14)21-13-16(12-20)19(23)22(3)18-7-5-4-6-8-18/h9-11,13,18,21H,4-8H2,1-3H3/b16-13-. The molecule has 0 saturated heterocycles. The smallest absolute Gasteiger partial charge is 0.266 e. The van der Waals surface area contributed by atoms with Crippen molar-refractivity contribution in [1.29, 1.82) is 5.26 Å². The lowest BCUT2D eigenvalue weighted by Gasteiger charge is -2.31. The number of amides is 1. The fourth-order valence-electron chi connectivity index (χ4n) is 3.18. The van der Waals surface area contributed by atoms with Crippen molar-refractivity contribution in [2.75, 3.05) is 12.4 Å². The molecule has 23 heavy (non-hydrogen) atoms. The molecule has 4 nitrogen and oxygen atoms in total. The van der Waals surface area contributed by atoms with E-state index in [0.29, 0.717) is 0 Å². The number of hydrogen-bond donors (Lipinski definition) is 1. The summed E-state index contributed by atoms with van der Waals surface area (Å²) in [4.78, 5) is 14.3. The highest BCUT2D eigenvalue weighted by molar-refractivity contribution is 5.97. The van der Waals surface area contributed by atoms with Gasteiger partial charge in [-0.15, -0.1) is 0 Å². The van der Waals surface area contributed by atoms with Gasteiger partial charge in [-0.3, -0.25) is 4.79 Å². The van der Waals surface area contributed by atoms with Crippen LogP contribution in [0.25, 0.3) is 0 Å². The van der Waals surface area contributed by atoms with Crippen LogP contribution < -0.4 is 5.32 Å². The van der Waals surface area contributed by atoms with E-state index >= 15 is 0 Å². The maximum atomic E-state index is 12.5. The van der Waals surface area contributed by atoms with Gasteiger partial charge in [0.15, 0.2) is 0 Å². The molecule has 0 aliphatic heterocycles. The van der Waals surface area contributed by atoms with Crippen molar-refractivity contribution in [1.82, 2.24) is 4.90 Å². The highest BCUT2D eigenvalue weighted by atomic mass is 16.2. The third-order valence-corrected chi connectivity index (χ3v) is 4.40. The summed E-state index contributed by atoms with van der Waals surface area (Å²) >= 11 is 0. The lowest BCUT2D eigenvalue weighted by molar-refractivity contribution is -0.128. The van der Waals surface area contributed by atoms with E-state index in [2.05, 4.69) is 11.4 Å². The van der Waals surface area contributed by atoms with Gasteiger partial charge in [-0.25, -0.2) is 0 Å². The molecule has 1 saturated carbocycles. The number of nitrogens with one attached hydrogen (secondary N) is 1. The van der Waals surface area contributed by atoms with Crippen LogP contribution in [0.4, 0.5) is 5.69 Å². The van der Waals surface area contributed by atoms with Crippen LogP contribution in [-0.2, 0) is 4.79 Å². The summed E-state index contributed by atoms with van der Waals surface area (Å²) in [6, 6.07) is 8.36. The van der Waals surface area contributed by atoms with E-state index < -0.39 is 0 Å². The molecule has 0 radical (unpaired) electrons. The molecule has 0 unspecified atom stereocenters. The Bertz CT molecular complexity index is 616. The van der Waals surface area contributed by atoms with Gasteiger partial charge in [-0.05, 0) is 49.9 Å². The molecule has 4 heteroatoms. The van der Waals surface area contributed by atoms with E-state index in [9.17, 15) is 10.1 Å². The van der Waals surface area contributed by atoms with Crippen molar-refractivity contribution >= 4 is 11.6 Å². The molecule has 2 rings (SSSR count). The summed E-state index contributed by atoms with van der Waals surface area (Å²) in [5, 5.41) is 12.4. The second-order valence-electron chi connectivity index (χ2n) is 6.40. The molecule has 0 aromatic heterocycles. The molecule has 122 valence electrons. The van der Waals surface area contributed by atoms with Crippen LogP contribution in [0.5, 0.6) is 0 Å². The van der Waals surface area contributed by atoms with Crippen molar-refractivity contribution < 1.29 is 4.79 Å². The fourth-order valence-corrected chi connectivity index (χ4v) is 3.18. The second-order valence-corrected chi connectivity index (χ2v) is 6.40. The number of likely N-dealkylation sites (N-methyl/N-ethyl adjacent to an activating group) is 1. The Hall–Kier alpha value is -2.28. The molecule has 0 bridgehead atoms. The van der Waals surface area contributed by atoms with E-state index in [1.165, 1.54) is 12.6 Å². The molecular weight excluding hydrogens is 286 g/mol. The van der Waals surface area contributed by atoms with Gasteiger partial charge in [-0.2, -0.15) is 5.26 Å². The Balaban J connectivity index is 2.08. The zero-order chi connectivity index (χ0) is 16.8. The lowest BCUT2D eigenvalue weighted by atomic mass is 9.94. The van der Waals surface area contributed by atoms with Crippen molar-refractivity contribution in [2.24, 2.45) is 0 Å². The lowest BCUT2D eigenvalue weighted by Crippen LogP contribution is -2.39. The molecule has 1 aromatic rings.